The van der Waals surface area contributed by atoms with Crippen LogP contribution in [0.1, 0.15) is 55.6 Å². The van der Waals surface area contributed by atoms with Gasteiger partial charge in [0.15, 0.2) is 0 Å². The fourth-order valence-corrected chi connectivity index (χ4v) is 2.87. The second-order valence-corrected chi connectivity index (χ2v) is 8.51. The number of esters is 2. The molecule has 0 aliphatic heterocycles. The molecule has 0 heterocycles. The lowest BCUT2D eigenvalue weighted by atomic mass is 10.1. The molecular weight excluding hydrogens is 468 g/mol. The monoisotopic (exact) mass is 496 g/mol. The van der Waals surface area contributed by atoms with Crippen LogP contribution in [0.15, 0.2) is 48.5 Å². The van der Waals surface area contributed by atoms with E-state index in [0.717, 1.165) is 11.6 Å². The van der Waals surface area contributed by atoms with Crippen molar-refractivity contribution in [2.75, 3.05) is 6.61 Å². The number of rotatable bonds is 8. The molecule has 10 nitrogen and oxygen atoms in total. The first kappa shape index (κ1) is 27.9. The average Bonchev–Trinajstić information content (AvgIpc) is 2.81. The van der Waals surface area contributed by atoms with Gasteiger partial charge < -0.3 is 19.5 Å². The Hall–Kier alpha value is -4.39. The highest BCUT2D eigenvalue weighted by atomic mass is 16.6. The van der Waals surface area contributed by atoms with Crippen LogP contribution in [-0.2, 0) is 25.6 Å². The van der Waals surface area contributed by atoms with Gasteiger partial charge in [-0.1, -0.05) is 42.2 Å². The highest BCUT2D eigenvalue weighted by Crippen LogP contribution is 2.21. The van der Waals surface area contributed by atoms with Gasteiger partial charge in [0.25, 0.3) is 5.69 Å². The van der Waals surface area contributed by atoms with Crippen molar-refractivity contribution in [2.24, 2.45) is 0 Å². The number of nitro benzene ring substituents is 1. The van der Waals surface area contributed by atoms with Crippen molar-refractivity contribution in [2.45, 2.75) is 52.4 Å². The molecule has 0 aromatic heterocycles. The van der Waals surface area contributed by atoms with Crippen LogP contribution < -0.4 is 5.32 Å². The standard InChI is InChI=1S/C26H28N2O8/c1-5-34-23(29)20-16-18(14-15-22(20)28(32)33)12-9-13-21(27-25(31)36-26(2,3)4)24(30)35-17-19-10-7-6-8-11-19/h6-8,10-11,14-16,21H,5,13,17H2,1-4H3,(H,27,31). The molecule has 1 unspecified atom stereocenters. The lowest BCUT2D eigenvalue weighted by molar-refractivity contribution is -0.385. The molecule has 0 fully saturated rings. The minimum atomic E-state index is -1.14. The normalized spacial score (nSPS) is 11.3. The van der Waals surface area contributed by atoms with E-state index in [1.807, 2.05) is 6.07 Å². The minimum Gasteiger partial charge on any atom is -0.462 e. The van der Waals surface area contributed by atoms with Gasteiger partial charge >= 0.3 is 18.0 Å². The molecule has 2 aromatic carbocycles. The summed E-state index contributed by atoms with van der Waals surface area (Å²) in [6.45, 7) is 6.70. The maximum absolute atomic E-state index is 12.7. The minimum absolute atomic E-state index is 0.00481. The fraction of sp³-hybridized carbons (Fsp3) is 0.346. The van der Waals surface area contributed by atoms with Crippen LogP contribution in [0.3, 0.4) is 0 Å². The van der Waals surface area contributed by atoms with Gasteiger partial charge in [-0.05, 0) is 45.4 Å². The number of hydrogen-bond acceptors (Lipinski definition) is 8. The predicted octanol–water partition coefficient (Wildman–Crippen LogP) is 4.15. The Morgan fingerprint density at radius 3 is 2.39 bits per heavy atom. The molecular formula is C26H28N2O8. The van der Waals surface area contributed by atoms with E-state index in [0.29, 0.717) is 0 Å². The van der Waals surface area contributed by atoms with Gasteiger partial charge in [-0.2, -0.15) is 0 Å². The topological polar surface area (TPSA) is 134 Å². The van der Waals surface area contributed by atoms with Gasteiger partial charge in [0.2, 0.25) is 0 Å². The summed E-state index contributed by atoms with van der Waals surface area (Å²) in [5.41, 5.74) is -0.369. The summed E-state index contributed by atoms with van der Waals surface area (Å²) < 4.78 is 15.4. The third-order valence-corrected chi connectivity index (χ3v) is 4.43. The Balaban J connectivity index is 2.21. The van der Waals surface area contributed by atoms with Crippen molar-refractivity contribution in [3.8, 4) is 11.8 Å². The zero-order chi connectivity index (χ0) is 26.7. The van der Waals surface area contributed by atoms with Crippen molar-refractivity contribution in [1.82, 2.24) is 5.32 Å². The Labute approximate surface area is 209 Å². The molecule has 2 rings (SSSR count). The molecule has 0 aliphatic rings. The smallest absolute Gasteiger partial charge is 0.408 e. The summed E-state index contributed by atoms with van der Waals surface area (Å²) in [4.78, 5) is 47.6. The molecule has 1 N–H and O–H groups in total. The molecule has 2 aromatic rings. The Morgan fingerprint density at radius 1 is 1.08 bits per heavy atom. The van der Waals surface area contributed by atoms with Crippen LogP contribution in [0.5, 0.6) is 0 Å². The molecule has 36 heavy (non-hydrogen) atoms. The van der Waals surface area contributed by atoms with Crippen molar-refractivity contribution < 1.29 is 33.5 Å². The largest absolute Gasteiger partial charge is 0.462 e. The first-order chi connectivity index (χ1) is 17.0. The van der Waals surface area contributed by atoms with Crippen molar-refractivity contribution >= 4 is 23.7 Å². The second-order valence-electron chi connectivity index (χ2n) is 8.51. The van der Waals surface area contributed by atoms with E-state index < -0.39 is 40.3 Å². The number of amides is 1. The average molecular weight is 497 g/mol. The molecule has 0 bridgehead atoms. The zero-order valence-electron chi connectivity index (χ0n) is 20.5. The van der Waals surface area contributed by atoms with Crippen LogP contribution >= 0.6 is 0 Å². The highest BCUT2D eigenvalue weighted by Gasteiger charge is 2.25. The summed E-state index contributed by atoms with van der Waals surface area (Å²) in [5.74, 6) is 3.94. The molecule has 1 amide bonds. The summed E-state index contributed by atoms with van der Waals surface area (Å²) >= 11 is 0. The Morgan fingerprint density at radius 2 is 1.78 bits per heavy atom. The number of carbonyl (C=O) groups is 3. The van der Waals surface area contributed by atoms with Crippen LogP contribution in [0, 0.1) is 22.0 Å². The summed E-state index contributed by atoms with van der Waals surface area (Å²) in [6, 6.07) is 11.7. The number of ether oxygens (including phenoxy) is 3. The zero-order valence-corrected chi connectivity index (χ0v) is 20.5. The van der Waals surface area contributed by atoms with Gasteiger partial charge in [0.1, 0.15) is 23.8 Å². The molecule has 0 saturated heterocycles. The number of nitrogens with zero attached hydrogens (tertiary/aromatic N) is 1. The number of hydrogen-bond donors (Lipinski definition) is 1. The Kier molecular flexibility index (Phi) is 9.98. The molecule has 10 heteroatoms. The third-order valence-electron chi connectivity index (χ3n) is 4.43. The van der Waals surface area contributed by atoms with Crippen LogP contribution in [0.25, 0.3) is 0 Å². The van der Waals surface area contributed by atoms with E-state index >= 15 is 0 Å². The van der Waals surface area contributed by atoms with E-state index in [1.165, 1.54) is 12.1 Å². The van der Waals surface area contributed by atoms with E-state index in [-0.39, 0.29) is 30.8 Å². The number of benzene rings is 2. The second kappa shape index (κ2) is 12.9. The molecule has 0 aliphatic carbocycles. The first-order valence-electron chi connectivity index (χ1n) is 11.1. The van der Waals surface area contributed by atoms with E-state index in [9.17, 15) is 24.5 Å². The number of nitro groups is 1. The Bertz CT molecular complexity index is 1160. The van der Waals surface area contributed by atoms with Crippen molar-refractivity contribution in [3.63, 3.8) is 0 Å². The van der Waals surface area contributed by atoms with Crippen LogP contribution in [0.2, 0.25) is 0 Å². The molecule has 0 radical (unpaired) electrons. The maximum Gasteiger partial charge on any atom is 0.408 e. The van der Waals surface area contributed by atoms with Crippen LogP contribution in [-0.4, -0.2) is 41.2 Å². The van der Waals surface area contributed by atoms with Crippen LogP contribution in [0.4, 0.5) is 10.5 Å². The summed E-state index contributed by atoms with van der Waals surface area (Å²) in [5, 5.41) is 13.7. The number of nitrogens with one attached hydrogen (secondary N) is 1. The number of carbonyl (C=O) groups excluding carboxylic acids is 3. The molecule has 0 spiro atoms. The molecule has 1 atom stereocenters. The SMILES string of the molecule is CCOC(=O)c1cc(C#CCC(NC(=O)OC(C)(C)C)C(=O)OCc2ccccc2)ccc1[N+](=O)[O-]. The maximum atomic E-state index is 12.7. The summed E-state index contributed by atoms with van der Waals surface area (Å²) in [6.07, 6.45) is -0.954. The third kappa shape index (κ3) is 9.10. The van der Waals surface area contributed by atoms with Gasteiger partial charge in [0.05, 0.1) is 11.5 Å². The van der Waals surface area contributed by atoms with Gasteiger partial charge in [-0.15, -0.1) is 0 Å². The fourth-order valence-electron chi connectivity index (χ4n) is 2.87. The van der Waals surface area contributed by atoms with E-state index in [1.54, 1.807) is 52.0 Å². The van der Waals surface area contributed by atoms with Gasteiger partial charge in [-0.25, -0.2) is 14.4 Å². The lowest BCUT2D eigenvalue weighted by Crippen LogP contribution is -2.44. The van der Waals surface area contributed by atoms with Gasteiger partial charge in [0, 0.05) is 18.1 Å². The molecule has 0 saturated carbocycles. The lowest BCUT2D eigenvalue weighted by Gasteiger charge is -2.22. The molecule has 190 valence electrons. The highest BCUT2D eigenvalue weighted by molar-refractivity contribution is 5.94. The van der Waals surface area contributed by atoms with E-state index in [2.05, 4.69) is 17.2 Å². The van der Waals surface area contributed by atoms with Crippen molar-refractivity contribution in [3.05, 3.63) is 75.3 Å². The summed E-state index contributed by atoms with van der Waals surface area (Å²) in [7, 11) is 0. The quantitative estimate of drug-likeness (QED) is 0.189. The predicted molar refractivity (Wildman–Crippen MR) is 130 cm³/mol. The van der Waals surface area contributed by atoms with Crippen molar-refractivity contribution in [1.29, 1.82) is 0 Å². The number of alkyl carbamates (subject to hydrolysis) is 1. The van der Waals surface area contributed by atoms with Gasteiger partial charge in [-0.3, -0.25) is 10.1 Å². The first-order valence-corrected chi connectivity index (χ1v) is 11.1. The van der Waals surface area contributed by atoms with E-state index in [4.69, 9.17) is 14.2 Å².